The lowest BCUT2D eigenvalue weighted by atomic mass is 9.99. The van der Waals surface area contributed by atoms with Crippen LogP contribution in [0.1, 0.15) is 49.0 Å². The molecule has 1 amide bonds. The molecular weight excluding hydrogens is 530 g/mol. The maximum atomic E-state index is 13.3. The molecule has 2 unspecified atom stereocenters. The normalized spacial score (nSPS) is 19.3. The lowest BCUT2D eigenvalue weighted by Gasteiger charge is -2.34. The molecule has 0 radical (unpaired) electrons. The summed E-state index contributed by atoms with van der Waals surface area (Å²) >= 11 is 4.82. The smallest absolute Gasteiger partial charge is 0.420 e. The second kappa shape index (κ2) is 11.5. The second-order valence-corrected chi connectivity index (χ2v) is 10.5. The van der Waals surface area contributed by atoms with Crippen LogP contribution in [0.3, 0.4) is 0 Å². The fourth-order valence-electron chi connectivity index (χ4n) is 5.26. The third-order valence-corrected chi connectivity index (χ3v) is 6.94. The summed E-state index contributed by atoms with van der Waals surface area (Å²) in [5.41, 5.74) is 0.831. The molecule has 2 aromatic carbocycles. The predicted octanol–water partition coefficient (Wildman–Crippen LogP) is 6.18. The van der Waals surface area contributed by atoms with Gasteiger partial charge in [0.05, 0.1) is 24.0 Å². The van der Waals surface area contributed by atoms with Gasteiger partial charge >= 0.3 is 5.57 Å². The van der Waals surface area contributed by atoms with Crippen molar-refractivity contribution in [3.05, 3.63) is 59.8 Å². The molecule has 1 fully saturated rings. The number of anilines is 2. The van der Waals surface area contributed by atoms with Crippen molar-refractivity contribution in [1.29, 1.82) is 0 Å². The van der Waals surface area contributed by atoms with Gasteiger partial charge in [-0.25, -0.2) is 0 Å². The van der Waals surface area contributed by atoms with Gasteiger partial charge < -0.3 is 24.4 Å². The van der Waals surface area contributed by atoms with Crippen molar-refractivity contribution >= 4 is 28.9 Å². The Balaban J connectivity index is 1.40. The number of H-pyrrole nitrogens is 1. The Morgan fingerprint density at radius 2 is 2.05 bits per heavy atom. The minimum absolute atomic E-state index is 0.0816. The zero-order valence-electron chi connectivity index (χ0n) is 21.8. The molecule has 0 saturated carbocycles. The third-order valence-electron chi connectivity index (χ3n) is 6.86. The molecular formula is C28H31ClF2N4O4. The van der Waals surface area contributed by atoms with Crippen LogP contribution < -0.4 is 15.0 Å². The number of aromatic amines is 1. The molecule has 8 nitrogen and oxygen atoms in total. The fourth-order valence-corrected chi connectivity index (χ4v) is 5.34. The van der Waals surface area contributed by atoms with Crippen molar-refractivity contribution in [3.8, 4) is 17.0 Å². The average Bonchev–Trinajstić information content (AvgIpc) is 3.56. The van der Waals surface area contributed by atoms with E-state index in [-0.39, 0.29) is 30.0 Å². The van der Waals surface area contributed by atoms with Crippen molar-refractivity contribution in [2.45, 2.75) is 63.5 Å². The Labute approximate surface area is 230 Å². The highest BCUT2D eigenvalue weighted by molar-refractivity contribution is 6.20. The van der Waals surface area contributed by atoms with Gasteiger partial charge in [-0.1, -0.05) is 0 Å². The van der Waals surface area contributed by atoms with Gasteiger partial charge in [0.1, 0.15) is 5.75 Å². The number of carbonyl (C=O) groups is 1. The molecule has 3 aromatic rings. The summed E-state index contributed by atoms with van der Waals surface area (Å²) in [7, 11) is 0. The van der Waals surface area contributed by atoms with Gasteiger partial charge in [0, 0.05) is 47.3 Å². The minimum atomic E-state index is -3.81. The van der Waals surface area contributed by atoms with E-state index in [4.69, 9.17) is 21.1 Å². The van der Waals surface area contributed by atoms with Crippen LogP contribution >= 0.6 is 11.6 Å². The number of nitrogens with zero attached hydrogens (tertiary/aromatic N) is 2. The van der Waals surface area contributed by atoms with E-state index >= 15 is 0 Å². The Bertz CT molecular complexity index is 1280. The summed E-state index contributed by atoms with van der Waals surface area (Å²) in [6, 6.07) is 11.5. The highest BCUT2D eigenvalue weighted by Gasteiger charge is 2.35. The number of nitrogens with one attached hydrogen (secondary N) is 2. The zero-order valence-corrected chi connectivity index (χ0v) is 22.5. The first-order valence-electron chi connectivity index (χ1n) is 13.0. The van der Waals surface area contributed by atoms with Crippen molar-refractivity contribution in [2.24, 2.45) is 0 Å². The number of hydrogen-bond donors (Lipinski definition) is 2. The monoisotopic (exact) mass is 560 g/mol. The quantitative estimate of drug-likeness (QED) is 0.304. The molecule has 3 heterocycles. The molecule has 0 spiro atoms. The number of rotatable bonds is 9. The molecule has 2 aliphatic heterocycles. The van der Waals surface area contributed by atoms with Crippen LogP contribution in [0.2, 0.25) is 0 Å². The van der Waals surface area contributed by atoms with Crippen LogP contribution in [-0.4, -0.2) is 53.3 Å². The Morgan fingerprint density at radius 3 is 2.69 bits per heavy atom. The topological polar surface area (TPSA) is 88.7 Å². The molecule has 39 heavy (non-hydrogen) atoms. The van der Waals surface area contributed by atoms with E-state index in [1.165, 1.54) is 24.3 Å². The van der Waals surface area contributed by atoms with Crippen LogP contribution in [0.25, 0.3) is 11.3 Å². The Hall–Kier alpha value is -3.21. The number of carbonyl (C=O) groups excluding carboxylic acids is 1. The summed E-state index contributed by atoms with van der Waals surface area (Å²) in [5.74, 6) is -0.450. The van der Waals surface area contributed by atoms with Gasteiger partial charge in [-0.3, -0.25) is 9.89 Å². The number of ether oxygens (including phenoxy) is 3. The fraction of sp³-hybridized carbons (Fsp3) is 0.429. The molecule has 2 aliphatic rings. The SMILES string of the molecule is CC(C)N1c2c(cc(C(=O)Nc3ccc(OC(F)(F)Cl)cc3)cc2-c2ccn[nH]2)CC1COC1CCCCO1. The van der Waals surface area contributed by atoms with Crippen molar-refractivity contribution < 1.29 is 27.8 Å². The number of fused-ring (bicyclic) bond motifs is 1. The maximum absolute atomic E-state index is 13.3. The highest BCUT2D eigenvalue weighted by atomic mass is 35.5. The summed E-state index contributed by atoms with van der Waals surface area (Å²) < 4.78 is 42.1. The lowest BCUT2D eigenvalue weighted by Crippen LogP contribution is -2.42. The number of aromatic nitrogens is 2. The standard InChI is InChI=1S/C28H31ClF2N4O4/c1-17(2)35-21(16-38-25-5-3-4-12-37-25)14-18-13-19(15-23(26(18)35)24-10-11-32-34-24)27(36)33-20-6-8-22(9-7-20)39-28(29,30)31/h6-11,13,15,17,21,25H,3-5,12,14,16H2,1-2H3,(H,32,34)(H,33,36). The van der Waals surface area contributed by atoms with Gasteiger partial charge in [-0.2, -0.15) is 5.10 Å². The third kappa shape index (κ3) is 6.51. The van der Waals surface area contributed by atoms with E-state index < -0.39 is 5.57 Å². The number of alkyl halides is 3. The van der Waals surface area contributed by atoms with Gasteiger partial charge in [-0.05, 0) is 87.6 Å². The molecule has 0 aliphatic carbocycles. The van der Waals surface area contributed by atoms with Crippen molar-refractivity contribution in [1.82, 2.24) is 10.2 Å². The summed E-state index contributed by atoms with van der Waals surface area (Å²) in [5, 5.41) is 9.99. The molecule has 1 aromatic heterocycles. The Kier molecular flexibility index (Phi) is 8.06. The Morgan fingerprint density at radius 1 is 1.26 bits per heavy atom. The van der Waals surface area contributed by atoms with E-state index in [0.29, 0.717) is 24.3 Å². The highest BCUT2D eigenvalue weighted by Crippen LogP contribution is 2.42. The first-order chi connectivity index (χ1) is 18.7. The van der Waals surface area contributed by atoms with E-state index in [2.05, 4.69) is 39.0 Å². The van der Waals surface area contributed by atoms with Crippen molar-refractivity contribution in [2.75, 3.05) is 23.4 Å². The number of amides is 1. The summed E-state index contributed by atoms with van der Waals surface area (Å²) in [6.45, 7) is 5.52. The summed E-state index contributed by atoms with van der Waals surface area (Å²) in [4.78, 5) is 15.7. The van der Waals surface area contributed by atoms with Crippen LogP contribution in [0.15, 0.2) is 48.7 Å². The molecule has 5 rings (SSSR count). The molecule has 11 heteroatoms. The number of benzene rings is 2. The van der Waals surface area contributed by atoms with Gasteiger partial charge in [0.15, 0.2) is 6.29 Å². The van der Waals surface area contributed by atoms with Crippen LogP contribution in [0, 0.1) is 0 Å². The van der Waals surface area contributed by atoms with E-state index in [1.807, 2.05) is 18.2 Å². The molecule has 2 atom stereocenters. The average molecular weight is 561 g/mol. The van der Waals surface area contributed by atoms with Crippen LogP contribution in [0.4, 0.5) is 20.2 Å². The number of hydrogen-bond acceptors (Lipinski definition) is 6. The van der Waals surface area contributed by atoms with Crippen LogP contribution in [0.5, 0.6) is 5.75 Å². The van der Waals surface area contributed by atoms with E-state index in [1.54, 1.807) is 6.20 Å². The first kappa shape index (κ1) is 27.4. The lowest BCUT2D eigenvalue weighted by molar-refractivity contribution is -0.164. The van der Waals surface area contributed by atoms with Crippen molar-refractivity contribution in [3.63, 3.8) is 0 Å². The van der Waals surface area contributed by atoms with Gasteiger partial charge in [0.25, 0.3) is 5.91 Å². The first-order valence-corrected chi connectivity index (χ1v) is 13.4. The van der Waals surface area contributed by atoms with Crippen LogP contribution in [-0.2, 0) is 15.9 Å². The molecule has 208 valence electrons. The predicted molar refractivity (Wildman–Crippen MR) is 144 cm³/mol. The number of halogens is 3. The summed E-state index contributed by atoms with van der Waals surface area (Å²) in [6.07, 6.45) is 5.26. The van der Waals surface area contributed by atoms with Gasteiger partial charge in [-0.15, -0.1) is 8.78 Å². The van der Waals surface area contributed by atoms with Gasteiger partial charge in [0.2, 0.25) is 0 Å². The van der Waals surface area contributed by atoms with E-state index in [9.17, 15) is 13.6 Å². The minimum Gasteiger partial charge on any atom is -0.420 e. The maximum Gasteiger partial charge on any atom is 0.487 e. The molecule has 2 N–H and O–H groups in total. The molecule has 1 saturated heterocycles. The van der Waals surface area contributed by atoms with E-state index in [0.717, 1.165) is 48.4 Å². The molecule has 0 bridgehead atoms. The largest absolute Gasteiger partial charge is 0.487 e. The second-order valence-electron chi connectivity index (χ2n) is 10.0. The zero-order chi connectivity index (χ0) is 27.6.